The predicted molar refractivity (Wildman–Crippen MR) is 121 cm³/mol. The molecule has 8 heteroatoms. The molecule has 0 atom stereocenters. The first-order chi connectivity index (χ1) is 14.6. The van der Waals surface area contributed by atoms with Crippen LogP contribution in [-0.2, 0) is 10.0 Å². The number of carbonyl (C=O) groups excluding carboxylic acids is 1. The van der Waals surface area contributed by atoms with Gasteiger partial charge in [-0.1, -0.05) is 18.2 Å². The second-order valence-electron chi connectivity index (χ2n) is 8.10. The minimum absolute atomic E-state index is 0.0511. The molecule has 1 heterocycles. The summed E-state index contributed by atoms with van der Waals surface area (Å²) in [5.74, 6) is -1.21. The van der Waals surface area contributed by atoms with Gasteiger partial charge in [-0.15, -0.1) is 0 Å². The van der Waals surface area contributed by atoms with Gasteiger partial charge in [-0.3, -0.25) is 4.79 Å². The number of anilines is 1. The Morgan fingerprint density at radius 2 is 1.77 bits per heavy atom. The zero-order chi connectivity index (χ0) is 22.8. The van der Waals surface area contributed by atoms with E-state index in [4.69, 9.17) is 0 Å². The summed E-state index contributed by atoms with van der Waals surface area (Å²) >= 11 is 0. The largest absolute Gasteiger partial charge is 0.322 e. The maximum Gasteiger partial charge on any atom is 0.285 e. The van der Waals surface area contributed by atoms with Gasteiger partial charge in [-0.05, 0) is 77.5 Å². The van der Waals surface area contributed by atoms with Crippen molar-refractivity contribution in [3.05, 3.63) is 58.9 Å². The lowest BCUT2D eigenvalue weighted by Gasteiger charge is -2.28. The summed E-state index contributed by atoms with van der Waals surface area (Å²) in [6.07, 6.45) is 1.65. The van der Waals surface area contributed by atoms with Crippen LogP contribution in [-0.4, -0.2) is 45.1 Å². The summed E-state index contributed by atoms with van der Waals surface area (Å²) in [6, 6.07) is 9.62. The molecule has 0 saturated carbocycles. The number of nitrogens with zero attached hydrogens (tertiary/aromatic N) is 2. The summed E-state index contributed by atoms with van der Waals surface area (Å²) in [4.78, 5) is 14.3. The molecule has 0 radical (unpaired) electrons. The lowest BCUT2D eigenvalue weighted by molar-refractivity contribution is 0.102. The normalized spacial score (nSPS) is 16.4. The summed E-state index contributed by atoms with van der Waals surface area (Å²) in [7, 11) is -2.17. The second kappa shape index (κ2) is 9.28. The molecule has 1 N–H and O–H groups in total. The molecule has 2 aromatic rings. The van der Waals surface area contributed by atoms with Gasteiger partial charge in [-0.2, -0.15) is 12.8 Å². The van der Waals surface area contributed by atoms with Gasteiger partial charge in [0.1, 0.15) is 10.7 Å². The molecule has 1 fully saturated rings. The molecule has 1 aliphatic heterocycles. The maximum atomic E-state index is 15.0. The maximum absolute atomic E-state index is 15.0. The molecule has 2 aromatic carbocycles. The third kappa shape index (κ3) is 5.19. The molecular formula is C23H28FN3O3S. The van der Waals surface area contributed by atoms with Gasteiger partial charge in [0.2, 0.25) is 0 Å². The number of aryl methyl sites for hydroxylation is 1. The number of piperidine rings is 1. The fourth-order valence-corrected chi connectivity index (χ4v) is 5.00. The van der Waals surface area contributed by atoms with Crippen LogP contribution in [0, 0.1) is 25.6 Å². The lowest BCUT2D eigenvalue weighted by Crippen LogP contribution is -2.33. The van der Waals surface area contributed by atoms with Crippen molar-refractivity contribution in [2.75, 3.05) is 25.5 Å². The Morgan fingerprint density at radius 3 is 2.42 bits per heavy atom. The number of rotatable bonds is 5. The minimum Gasteiger partial charge on any atom is -0.322 e. The topological polar surface area (TPSA) is 78.8 Å². The highest BCUT2D eigenvalue weighted by molar-refractivity contribution is 7.90. The lowest BCUT2D eigenvalue weighted by atomic mass is 9.93. The number of benzene rings is 2. The van der Waals surface area contributed by atoms with Crippen molar-refractivity contribution in [1.82, 2.24) is 4.90 Å². The van der Waals surface area contributed by atoms with E-state index in [2.05, 4.69) is 14.6 Å². The monoisotopic (exact) mass is 445 g/mol. The van der Waals surface area contributed by atoms with E-state index in [1.165, 1.54) is 13.0 Å². The van der Waals surface area contributed by atoms with Gasteiger partial charge in [-0.25, -0.2) is 4.39 Å². The van der Waals surface area contributed by atoms with Crippen LogP contribution in [0.15, 0.2) is 45.7 Å². The minimum atomic E-state index is -4.19. The third-order valence-electron chi connectivity index (χ3n) is 5.84. The van der Waals surface area contributed by atoms with Crippen LogP contribution in [0.5, 0.6) is 0 Å². The highest BCUT2D eigenvalue weighted by Gasteiger charge is 2.25. The smallest absolute Gasteiger partial charge is 0.285 e. The van der Waals surface area contributed by atoms with E-state index < -0.39 is 20.7 Å². The fourth-order valence-electron chi connectivity index (χ4n) is 3.75. The van der Waals surface area contributed by atoms with Crippen LogP contribution in [0.25, 0.3) is 0 Å². The zero-order valence-electron chi connectivity index (χ0n) is 18.3. The van der Waals surface area contributed by atoms with Gasteiger partial charge in [0, 0.05) is 28.4 Å². The third-order valence-corrected chi connectivity index (χ3v) is 7.24. The molecule has 0 bridgehead atoms. The van der Waals surface area contributed by atoms with Crippen molar-refractivity contribution in [3.63, 3.8) is 0 Å². The van der Waals surface area contributed by atoms with Crippen molar-refractivity contribution in [3.8, 4) is 0 Å². The molecule has 166 valence electrons. The molecule has 0 aromatic heterocycles. The number of hydrogen-bond donors (Lipinski definition) is 1. The summed E-state index contributed by atoms with van der Waals surface area (Å²) in [5.41, 5.74) is 2.03. The molecule has 3 rings (SSSR count). The van der Waals surface area contributed by atoms with Crippen LogP contribution in [0.3, 0.4) is 0 Å². The van der Waals surface area contributed by atoms with E-state index >= 15 is 4.39 Å². The van der Waals surface area contributed by atoms with E-state index in [-0.39, 0.29) is 23.1 Å². The number of sulfonamides is 1. The van der Waals surface area contributed by atoms with Gasteiger partial charge >= 0.3 is 0 Å². The van der Waals surface area contributed by atoms with Crippen molar-refractivity contribution >= 4 is 27.3 Å². The Labute approximate surface area is 183 Å². The number of halogens is 1. The first-order valence-electron chi connectivity index (χ1n) is 10.3. The van der Waals surface area contributed by atoms with Gasteiger partial charge in [0.15, 0.2) is 0 Å². The SMILES string of the molecule is CC(=NS(=O)(=O)c1ccc(NC(=O)c2ccccc2C)c(C)c1F)C1CCN(C)CC1. The molecular weight excluding hydrogens is 417 g/mol. The standard InChI is InChI=1S/C23H28FN3O3S/c1-15-7-5-6-8-19(15)23(28)25-20-9-10-21(22(24)16(20)2)31(29,30)26-17(3)18-11-13-27(4)14-12-18/h5-10,18H,11-14H2,1-4H3,(H,25,28). The number of likely N-dealkylation sites (tertiary alicyclic amines) is 1. The molecule has 0 aliphatic carbocycles. The molecule has 1 saturated heterocycles. The first kappa shape index (κ1) is 23.1. The van der Waals surface area contributed by atoms with E-state index in [1.54, 1.807) is 19.1 Å². The Bertz CT molecular complexity index is 1120. The van der Waals surface area contributed by atoms with E-state index in [0.29, 0.717) is 11.3 Å². The van der Waals surface area contributed by atoms with Crippen LogP contribution < -0.4 is 5.32 Å². The second-order valence-corrected chi connectivity index (χ2v) is 9.68. The average molecular weight is 446 g/mol. The Hall–Kier alpha value is -2.58. The van der Waals surface area contributed by atoms with Crippen molar-refractivity contribution in [1.29, 1.82) is 0 Å². The molecule has 0 spiro atoms. The van der Waals surface area contributed by atoms with Crippen LogP contribution in [0.2, 0.25) is 0 Å². The Morgan fingerprint density at radius 1 is 1.13 bits per heavy atom. The highest BCUT2D eigenvalue weighted by Crippen LogP contribution is 2.28. The van der Waals surface area contributed by atoms with E-state index in [0.717, 1.165) is 37.6 Å². The molecule has 1 aliphatic rings. The number of carbonyl (C=O) groups is 1. The van der Waals surface area contributed by atoms with E-state index in [1.807, 2.05) is 26.1 Å². The van der Waals surface area contributed by atoms with Crippen LogP contribution in [0.4, 0.5) is 10.1 Å². The van der Waals surface area contributed by atoms with Crippen LogP contribution in [0.1, 0.15) is 41.3 Å². The average Bonchev–Trinajstić information content (AvgIpc) is 2.71. The Kier molecular flexibility index (Phi) is 6.91. The molecule has 0 unspecified atom stereocenters. The van der Waals surface area contributed by atoms with Gasteiger partial charge in [0.05, 0.1) is 0 Å². The molecule has 31 heavy (non-hydrogen) atoms. The zero-order valence-corrected chi connectivity index (χ0v) is 19.1. The quantitative estimate of drug-likeness (QED) is 0.700. The van der Waals surface area contributed by atoms with E-state index in [9.17, 15) is 13.2 Å². The molecule has 6 nitrogen and oxygen atoms in total. The van der Waals surface area contributed by atoms with Gasteiger partial charge in [0.25, 0.3) is 15.9 Å². The molecule has 1 amide bonds. The Balaban J connectivity index is 1.85. The van der Waals surface area contributed by atoms with Crippen molar-refractivity contribution < 1.29 is 17.6 Å². The fraction of sp³-hybridized carbons (Fsp3) is 0.391. The summed E-state index contributed by atoms with van der Waals surface area (Å²) in [5, 5.41) is 2.67. The summed E-state index contributed by atoms with van der Waals surface area (Å²) < 4.78 is 44.5. The number of amides is 1. The van der Waals surface area contributed by atoms with Crippen molar-refractivity contribution in [2.45, 2.75) is 38.5 Å². The summed E-state index contributed by atoms with van der Waals surface area (Å²) in [6.45, 7) is 6.69. The van der Waals surface area contributed by atoms with Crippen molar-refractivity contribution in [2.24, 2.45) is 10.3 Å². The number of nitrogens with one attached hydrogen (secondary N) is 1. The predicted octanol–water partition coefficient (Wildman–Crippen LogP) is 4.19. The first-order valence-corrected chi connectivity index (χ1v) is 11.7. The highest BCUT2D eigenvalue weighted by atomic mass is 32.2. The van der Waals surface area contributed by atoms with Crippen LogP contribution >= 0.6 is 0 Å². The van der Waals surface area contributed by atoms with Gasteiger partial charge < -0.3 is 10.2 Å². The number of hydrogen-bond acceptors (Lipinski definition) is 4.